The van der Waals surface area contributed by atoms with Crippen LogP contribution in [-0.2, 0) is 14.8 Å². The molecule has 1 heterocycles. The van der Waals surface area contributed by atoms with E-state index < -0.39 is 15.5 Å². The first-order chi connectivity index (χ1) is 11.9. The summed E-state index contributed by atoms with van der Waals surface area (Å²) in [5.74, 6) is -0.310. The van der Waals surface area contributed by atoms with Gasteiger partial charge < -0.3 is 4.90 Å². The van der Waals surface area contributed by atoms with Gasteiger partial charge in [-0.3, -0.25) is 4.79 Å². The van der Waals surface area contributed by atoms with E-state index in [9.17, 15) is 26.4 Å². The van der Waals surface area contributed by atoms with Crippen molar-refractivity contribution in [2.45, 2.75) is 45.5 Å². The fourth-order valence-electron chi connectivity index (χ4n) is 3.57. The number of amides is 1. The highest BCUT2D eigenvalue weighted by Crippen LogP contribution is 2.40. The van der Waals surface area contributed by atoms with Gasteiger partial charge in [0.2, 0.25) is 5.91 Å². The predicted molar refractivity (Wildman–Crippen MR) is 92.6 cm³/mol. The Balaban J connectivity index is 2.01. The van der Waals surface area contributed by atoms with Crippen LogP contribution >= 0.6 is 0 Å². The van der Waals surface area contributed by atoms with Crippen molar-refractivity contribution in [1.82, 2.24) is 9.21 Å². The van der Waals surface area contributed by atoms with Crippen molar-refractivity contribution in [3.8, 4) is 0 Å². The minimum atomic E-state index is -5.33. The number of halogens is 3. The Morgan fingerprint density at radius 2 is 1.73 bits per heavy atom. The molecule has 1 aliphatic heterocycles. The van der Waals surface area contributed by atoms with Crippen LogP contribution in [0.15, 0.2) is 23.3 Å². The number of alkyl halides is 3. The molecule has 9 heteroatoms. The van der Waals surface area contributed by atoms with Crippen LogP contribution in [0.4, 0.5) is 13.2 Å². The fraction of sp³-hybridized carbons (Fsp3) is 0.706. The molecule has 0 N–H and O–H groups in total. The van der Waals surface area contributed by atoms with Gasteiger partial charge in [-0.15, -0.1) is 0 Å². The van der Waals surface area contributed by atoms with Gasteiger partial charge in [-0.2, -0.15) is 17.5 Å². The zero-order valence-corrected chi connectivity index (χ0v) is 16.1. The van der Waals surface area contributed by atoms with E-state index in [4.69, 9.17) is 0 Å². The largest absolute Gasteiger partial charge is 0.511 e. The van der Waals surface area contributed by atoms with Crippen molar-refractivity contribution in [3.63, 3.8) is 0 Å². The molecule has 1 amide bonds. The molecule has 0 unspecified atom stereocenters. The molecular weight excluding hydrogens is 369 g/mol. The van der Waals surface area contributed by atoms with Gasteiger partial charge in [0.05, 0.1) is 0 Å². The van der Waals surface area contributed by atoms with Gasteiger partial charge in [-0.25, -0.2) is 8.42 Å². The Labute approximate surface area is 152 Å². The molecule has 2 rings (SSSR count). The minimum Gasteiger partial charge on any atom is -0.337 e. The number of piperazine rings is 1. The summed E-state index contributed by atoms with van der Waals surface area (Å²) in [4.78, 5) is 13.7. The van der Waals surface area contributed by atoms with Crippen LogP contribution in [0.3, 0.4) is 0 Å². The maximum Gasteiger partial charge on any atom is 0.511 e. The fourth-order valence-corrected chi connectivity index (χ4v) is 4.50. The van der Waals surface area contributed by atoms with Crippen molar-refractivity contribution < 1.29 is 26.4 Å². The van der Waals surface area contributed by atoms with Crippen LogP contribution in [-0.4, -0.2) is 55.2 Å². The number of carbonyl (C=O) groups is 1. The maximum atomic E-state index is 12.6. The van der Waals surface area contributed by atoms with Gasteiger partial charge in [0.15, 0.2) is 0 Å². The molecule has 1 aliphatic carbocycles. The van der Waals surface area contributed by atoms with Crippen LogP contribution in [0.1, 0.15) is 40.0 Å². The lowest BCUT2D eigenvalue weighted by Gasteiger charge is -2.34. The van der Waals surface area contributed by atoms with E-state index in [1.807, 2.05) is 6.92 Å². The Kier molecular flexibility index (Phi) is 5.92. The maximum absolute atomic E-state index is 12.6. The summed E-state index contributed by atoms with van der Waals surface area (Å²) in [7, 11) is -5.33. The average Bonchev–Trinajstić information content (AvgIpc) is 2.52. The molecule has 0 aromatic rings. The predicted octanol–water partition coefficient (Wildman–Crippen LogP) is 3.06. The van der Waals surface area contributed by atoms with E-state index in [0.29, 0.717) is 4.31 Å². The Hall–Kier alpha value is -1.35. The minimum absolute atomic E-state index is 0.0153. The molecule has 0 aromatic heterocycles. The second-order valence-electron chi connectivity index (χ2n) is 7.44. The van der Waals surface area contributed by atoms with Gasteiger partial charge in [0, 0.05) is 32.3 Å². The first-order valence-electron chi connectivity index (χ1n) is 8.60. The van der Waals surface area contributed by atoms with E-state index >= 15 is 0 Å². The van der Waals surface area contributed by atoms with E-state index in [0.717, 1.165) is 24.8 Å². The molecule has 5 nitrogen and oxygen atoms in total. The highest BCUT2D eigenvalue weighted by molar-refractivity contribution is 7.90. The van der Waals surface area contributed by atoms with Gasteiger partial charge in [0.25, 0.3) is 0 Å². The third kappa shape index (κ3) is 4.31. The van der Waals surface area contributed by atoms with Crippen molar-refractivity contribution >= 4 is 15.9 Å². The molecule has 2 aliphatic rings. The van der Waals surface area contributed by atoms with Gasteiger partial charge >= 0.3 is 15.5 Å². The van der Waals surface area contributed by atoms with Crippen molar-refractivity contribution in [3.05, 3.63) is 23.3 Å². The van der Waals surface area contributed by atoms with Crippen LogP contribution in [0.2, 0.25) is 0 Å². The number of rotatable bonds is 3. The number of carbonyl (C=O) groups excluding carboxylic acids is 1. The first-order valence-corrected chi connectivity index (χ1v) is 10.0. The van der Waals surface area contributed by atoms with Crippen molar-refractivity contribution in [1.29, 1.82) is 0 Å². The smallest absolute Gasteiger partial charge is 0.337 e. The average molecular weight is 394 g/mol. The summed E-state index contributed by atoms with van der Waals surface area (Å²) in [6.45, 7) is 5.48. The molecule has 0 atom stereocenters. The van der Waals surface area contributed by atoms with Crippen molar-refractivity contribution in [2.24, 2.45) is 5.41 Å². The SMILES string of the molecule is CC1=C(/C=C/C(=O)N2CCN(S(=O)(=O)C(F)(F)F)CC2)C(C)(C)CCC1. The monoisotopic (exact) mass is 394 g/mol. The number of allylic oxidation sites excluding steroid dienone is 3. The second-order valence-corrected chi connectivity index (χ2v) is 9.37. The van der Waals surface area contributed by atoms with Crippen molar-refractivity contribution in [2.75, 3.05) is 26.2 Å². The van der Waals surface area contributed by atoms with E-state index in [2.05, 4.69) is 13.8 Å². The molecule has 1 saturated heterocycles. The third-order valence-electron chi connectivity index (χ3n) is 5.12. The molecule has 0 spiro atoms. The molecule has 0 radical (unpaired) electrons. The lowest BCUT2D eigenvalue weighted by atomic mass is 9.72. The van der Waals surface area contributed by atoms with Gasteiger partial charge in [0.1, 0.15) is 0 Å². The summed E-state index contributed by atoms with van der Waals surface area (Å²) in [6, 6.07) is 0. The van der Waals surface area contributed by atoms with E-state index in [1.54, 1.807) is 6.08 Å². The number of nitrogens with zero attached hydrogens (tertiary/aromatic N) is 2. The highest BCUT2D eigenvalue weighted by atomic mass is 32.2. The van der Waals surface area contributed by atoms with Gasteiger partial charge in [-0.1, -0.05) is 25.5 Å². The highest BCUT2D eigenvalue weighted by Gasteiger charge is 2.50. The Morgan fingerprint density at radius 1 is 1.15 bits per heavy atom. The van der Waals surface area contributed by atoms with Gasteiger partial charge in [-0.05, 0) is 37.2 Å². The van der Waals surface area contributed by atoms with Crippen LogP contribution in [0.25, 0.3) is 0 Å². The zero-order valence-electron chi connectivity index (χ0n) is 15.3. The third-order valence-corrected chi connectivity index (χ3v) is 6.75. The zero-order chi connectivity index (χ0) is 19.8. The molecular formula is C17H25F3N2O3S. The van der Waals surface area contributed by atoms with E-state index in [-0.39, 0.29) is 37.5 Å². The molecule has 26 heavy (non-hydrogen) atoms. The summed E-state index contributed by atoms with van der Waals surface area (Å²) >= 11 is 0. The lowest BCUT2D eigenvalue weighted by Crippen LogP contribution is -2.53. The number of hydrogen-bond donors (Lipinski definition) is 0. The number of sulfonamides is 1. The first kappa shape index (κ1) is 21.0. The van der Waals surface area contributed by atoms with Crippen LogP contribution in [0.5, 0.6) is 0 Å². The molecule has 0 saturated carbocycles. The Morgan fingerprint density at radius 3 is 2.23 bits per heavy atom. The summed E-state index contributed by atoms with van der Waals surface area (Å²) in [5.41, 5.74) is -2.96. The summed E-state index contributed by atoms with van der Waals surface area (Å²) < 4.78 is 60.9. The van der Waals surface area contributed by atoms with Crippen LogP contribution < -0.4 is 0 Å². The molecule has 1 fully saturated rings. The second kappa shape index (κ2) is 7.34. The molecule has 148 valence electrons. The summed E-state index contributed by atoms with van der Waals surface area (Å²) in [6.07, 6.45) is 6.38. The standard InChI is InChI=1S/C17H25F3N2O3S/c1-13-5-4-8-16(2,3)14(13)6-7-15(23)21-9-11-22(12-10-21)26(24,25)17(18,19)20/h6-7H,4-5,8-12H2,1-3H3/b7-6+. The Bertz CT molecular complexity index is 716. The number of hydrogen-bond acceptors (Lipinski definition) is 3. The summed E-state index contributed by atoms with van der Waals surface area (Å²) in [5, 5.41) is 0. The lowest BCUT2D eigenvalue weighted by molar-refractivity contribution is -0.127. The molecule has 0 aromatic carbocycles. The van der Waals surface area contributed by atoms with E-state index in [1.165, 1.54) is 16.5 Å². The quantitative estimate of drug-likeness (QED) is 0.692. The van der Waals surface area contributed by atoms with Crippen LogP contribution in [0, 0.1) is 5.41 Å². The topological polar surface area (TPSA) is 57.7 Å². The normalized spacial score (nSPS) is 22.9. The molecule has 0 bridgehead atoms.